The van der Waals surface area contributed by atoms with Gasteiger partial charge in [0, 0.05) is 24.0 Å². The first-order valence-electron chi connectivity index (χ1n) is 6.41. The number of anilines is 1. The van der Waals surface area contributed by atoms with E-state index in [0.717, 1.165) is 28.0 Å². The van der Waals surface area contributed by atoms with Gasteiger partial charge in [-0.05, 0) is 36.1 Å². The largest absolute Gasteiger partial charge is 0.385 e. The number of rotatable bonds is 4. The Hall–Kier alpha value is -2.01. The quantitative estimate of drug-likeness (QED) is 0.793. The summed E-state index contributed by atoms with van der Waals surface area (Å²) in [6.07, 6.45) is 2.39. The van der Waals surface area contributed by atoms with Gasteiger partial charge in [0.2, 0.25) is 0 Å². The fraction of sp³-hybridized carbons (Fsp3) is 0.200. The van der Waals surface area contributed by atoms with Crippen LogP contribution in [0.5, 0.6) is 0 Å². The van der Waals surface area contributed by atoms with Gasteiger partial charge >= 0.3 is 0 Å². The summed E-state index contributed by atoms with van der Waals surface area (Å²) in [5, 5.41) is 6.46. The van der Waals surface area contributed by atoms with Crippen LogP contribution in [0, 0.1) is 12.7 Å². The number of fused-ring (bicyclic) bond motifs is 1. The smallest absolute Gasteiger partial charge is 0.127 e. The fourth-order valence-electron chi connectivity index (χ4n) is 2.21. The average Bonchev–Trinajstić information content (AvgIpc) is 2.82. The minimum Gasteiger partial charge on any atom is -0.385 e. The van der Waals surface area contributed by atoms with E-state index in [1.165, 1.54) is 17.7 Å². The van der Waals surface area contributed by atoms with Crippen LogP contribution in [0.3, 0.4) is 0 Å². The highest BCUT2D eigenvalue weighted by Gasteiger charge is 2.08. The third-order valence-electron chi connectivity index (χ3n) is 3.15. The number of aromatic nitrogens is 2. The maximum absolute atomic E-state index is 13.1. The maximum Gasteiger partial charge on any atom is 0.127 e. The van der Waals surface area contributed by atoms with Gasteiger partial charge in [-0.15, -0.1) is 11.3 Å². The first kappa shape index (κ1) is 13.0. The summed E-state index contributed by atoms with van der Waals surface area (Å²) in [5.74, 6) is -0.229. The molecule has 102 valence electrons. The lowest BCUT2D eigenvalue weighted by Crippen LogP contribution is -2.06. The lowest BCUT2D eigenvalue weighted by molar-refractivity contribution is 0.628. The van der Waals surface area contributed by atoms with Crippen LogP contribution in [0.25, 0.3) is 10.2 Å². The third-order valence-corrected chi connectivity index (χ3v) is 4.15. The molecule has 0 fully saturated rings. The molecule has 0 aliphatic carbocycles. The highest BCUT2D eigenvalue weighted by molar-refractivity contribution is 7.16. The molecule has 20 heavy (non-hydrogen) atoms. The van der Waals surface area contributed by atoms with Crippen molar-refractivity contribution in [3.8, 4) is 0 Å². The third kappa shape index (κ3) is 2.63. The van der Waals surface area contributed by atoms with Gasteiger partial charge in [0.1, 0.15) is 17.0 Å². The van der Waals surface area contributed by atoms with Crippen LogP contribution < -0.4 is 5.32 Å². The number of nitrogens with zero attached hydrogens (tertiary/aromatic N) is 2. The number of aryl methyl sites for hydroxylation is 1. The molecule has 0 aliphatic heterocycles. The lowest BCUT2D eigenvalue weighted by Gasteiger charge is -2.07. The zero-order chi connectivity index (χ0) is 13.9. The molecule has 1 N–H and O–H groups in total. The van der Waals surface area contributed by atoms with E-state index in [4.69, 9.17) is 0 Å². The standard InChI is InChI=1S/C15H14FN3S/c1-10-8-20-15-14(10)13(18-9-19-15)5-6-17-12-4-2-3-11(16)7-12/h2-4,7-9,17H,5-6H2,1H3. The molecular formula is C15H14FN3S. The van der Waals surface area contributed by atoms with Crippen molar-refractivity contribution >= 4 is 27.2 Å². The van der Waals surface area contributed by atoms with Gasteiger partial charge in [-0.1, -0.05) is 6.07 Å². The van der Waals surface area contributed by atoms with Crippen LogP contribution in [0.15, 0.2) is 36.0 Å². The lowest BCUT2D eigenvalue weighted by atomic mass is 10.1. The van der Waals surface area contributed by atoms with Crippen LogP contribution in [0.4, 0.5) is 10.1 Å². The molecule has 0 saturated heterocycles. The Morgan fingerprint density at radius 1 is 1.30 bits per heavy atom. The summed E-state index contributed by atoms with van der Waals surface area (Å²) in [5.41, 5.74) is 3.04. The second-order valence-corrected chi connectivity index (χ2v) is 5.46. The molecule has 2 heterocycles. The van der Waals surface area contributed by atoms with Gasteiger partial charge < -0.3 is 5.32 Å². The van der Waals surface area contributed by atoms with Crippen LogP contribution >= 0.6 is 11.3 Å². The average molecular weight is 287 g/mol. The Bertz CT molecular complexity index is 739. The van der Waals surface area contributed by atoms with E-state index >= 15 is 0 Å². The number of halogens is 1. The number of benzene rings is 1. The van der Waals surface area contributed by atoms with E-state index in [1.807, 2.05) is 6.07 Å². The van der Waals surface area contributed by atoms with E-state index in [9.17, 15) is 4.39 Å². The van der Waals surface area contributed by atoms with Crippen LogP contribution in [0.2, 0.25) is 0 Å². The SMILES string of the molecule is Cc1csc2ncnc(CCNc3cccc(F)c3)c12. The summed E-state index contributed by atoms with van der Waals surface area (Å²) < 4.78 is 13.1. The van der Waals surface area contributed by atoms with Crippen LogP contribution in [-0.4, -0.2) is 16.5 Å². The molecule has 2 aromatic heterocycles. The van der Waals surface area contributed by atoms with E-state index in [2.05, 4.69) is 27.6 Å². The summed E-state index contributed by atoms with van der Waals surface area (Å²) in [7, 11) is 0. The van der Waals surface area contributed by atoms with E-state index in [1.54, 1.807) is 23.7 Å². The van der Waals surface area contributed by atoms with E-state index in [-0.39, 0.29) is 5.82 Å². The first-order valence-corrected chi connectivity index (χ1v) is 7.29. The van der Waals surface area contributed by atoms with Crippen molar-refractivity contribution < 1.29 is 4.39 Å². The Morgan fingerprint density at radius 2 is 2.20 bits per heavy atom. The molecule has 0 amide bonds. The van der Waals surface area contributed by atoms with Gasteiger partial charge in [-0.25, -0.2) is 14.4 Å². The molecular weight excluding hydrogens is 273 g/mol. The molecule has 0 aliphatic rings. The van der Waals surface area contributed by atoms with Gasteiger partial charge in [0.15, 0.2) is 0 Å². The molecule has 0 atom stereocenters. The summed E-state index contributed by atoms with van der Waals surface area (Å²) in [6, 6.07) is 6.48. The summed E-state index contributed by atoms with van der Waals surface area (Å²) >= 11 is 1.64. The number of hydrogen-bond donors (Lipinski definition) is 1. The molecule has 0 spiro atoms. The molecule has 1 aromatic carbocycles. The van der Waals surface area contributed by atoms with Gasteiger partial charge in [0.05, 0.1) is 5.69 Å². The normalized spacial score (nSPS) is 10.9. The molecule has 3 nitrogen and oxygen atoms in total. The minimum absolute atomic E-state index is 0.229. The molecule has 5 heteroatoms. The van der Waals surface area contributed by atoms with Crippen molar-refractivity contribution in [1.82, 2.24) is 9.97 Å². The highest BCUT2D eigenvalue weighted by Crippen LogP contribution is 2.25. The number of nitrogens with one attached hydrogen (secondary N) is 1. The van der Waals surface area contributed by atoms with Gasteiger partial charge in [-0.3, -0.25) is 0 Å². The fourth-order valence-corrected chi connectivity index (χ4v) is 3.12. The van der Waals surface area contributed by atoms with E-state index in [0.29, 0.717) is 6.54 Å². The maximum atomic E-state index is 13.1. The molecule has 3 rings (SSSR count). The summed E-state index contributed by atoms with van der Waals surface area (Å²) in [6.45, 7) is 2.79. The topological polar surface area (TPSA) is 37.8 Å². The molecule has 3 aromatic rings. The van der Waals surface area contributed by atoms with Gasteiger partial charge in [0.25, 0.3) is 0 Å². The molecule has 0 radical (unpaired) electrons. The highest BCUT2D eigenvalue weighted by atomic mass is 32.1. The Morgan fingerprint density at radius 3 is 3.05 bits per heavy atom. The zero-order valence-electron chi connectivity index (χ0n) is 11.1. The van der Waals surface area contributed by atoms with Crippen molar-refractivity contribution in [2.75, 3.05) is 11.9 Å². The molecule has 0 bridgehead atoms. The van der Waals surface area contributed by atoms with E-state index < -0.39 is 0 Å². The van der Waals surface area contributed by atoms with Crippen LogP contribution in [-0.2, 0) is 6.42 Å². The minimum atomic E-state index is -0.229. The zero-order valence-corrected chi connectivity index (χ0v) is 11.9. The van der Waals surface area contributed by atoms with Gasteiger partial charge in [-0.2, -0.15) is 0 Å². The second-order valence-electron chi connectivity index (χ2n) is 4.61. The Labute approximate surface area is 120 Å². The monoisotopic (exact) mass is 287 g/mol. The van der Waals surface area contributed by atoms with Crippen LogP contribution in [0.1, 0.15) is 11.3 Å². The second kappa shape index (κ2) is 5.54. The van der Waals surface area contributed by atoms with Crippen molar-refractivity contribution in [3.63, 3.8) is 0 Å². The Kier molecular flexibility index (Phi) is 3.60. The Balaban J connectivity index is 1.73. The van der Waals surface area contributed by atoms with Crippen molar-refractivity contribution in [3.05, 3.63) is 53.0 Å². The number of thiophene rings is 1. The number of hydrogen-bond acceptors (Lipinski definition) is 4. The van der Waals surface area contributed by atoms with Crippen molar-refractivity contribution in [2.45, 2.75) is 13.3 Å². The van der Waals surface area contributed by atoms with Crippen molar-refractivity contribution in [2.24, 2.45) is 0 Å². The first-order chi connectivity index (χ1) is 9.74. The van der Waals surface area contributed by atoms with Crippen molar-refractivity contribution in [1.29, 1.82) is 0 Å². The molecule has 0 saturated carbocycles. The molecule has 0 unspecified atom stereocenters. The predicted octanol–water partition coefficient (Wildman–Crippen LogP) is 3.79. The summed E-state index contributed by atoms with van der Waals surface area (Å²) in [4.78, 5) is 9.67. The predicted molar refractivity (Wildman–Crippen MR) is 80.7 cm³/mol.